The van der Waals surface area contributed by atoms with Crippen molar-refractivity contribution < 1.29 is 9.69 Å². The molecule has 2 atom stereocenters. The predicted octanol–water partition coefficient (Wildman–Crippen LogP) is 4.05. The zero-order chi connectivity index (χ0) is 20.1. The third-order valence-corrected chi connectivity index (χ3v) is 5.75. The normalized spacial score (nSPS) is 17.3. The Labute approximate surface area is 172 Å². The summed E-state index contributed by atoms with van der Waals surface area (Å²) in [6.07, 6.45) is 3.29. The lowest BCUT2D eigenvalue weighted by Crippen LogP contribution is -3.17. The van der Waals surface area contributed by atoms with Gasteiger partial charge in [0, 0.05) is 17.7 Å². The summed E-state index contributed by atoms with van der Waals surface area (Å²) >= 11 is 0. The average molecular weight is 384 g/mol. The van der Waals surface area contributed by atoms with Gasteiger partial charge in [-0.05, 0) is 35.8 Å². The van der Waals surface area contributed by atoms with Gasteiger partial charge in [0.1, 0.15) is 0 Å². The molecular weight excluding hydrogens is 356 g/mol. The number of para-hydroxylation sites is 1. The highest BCUT2D eigenvalue weighted by Crippen LogP contribution is 2.27. The van der Waals surface area contributed by atoms with E-state index in [1.807, 2.05) is 49.4 Å². The molecule has 1 aliphatic heterocycles. The summed E-state index contributed by atoms with van der Waals surface area (Å²) in [4.78, 5) is 14.3. The van der Waals surface area contributed by atoms with Crippen LogP contribution in [0.3, 0.4) is 0 Å². The topological polar surface area (TPSA) is 33.5 Å². The molecule has 0 saturated carbocycles. The molecule has 3 nitrogen and oxygen atoms in total. The molecule has 2 N–H and O–H groups in total. The van der Waals surface area contributed by atoms with Crippen LogP contribution in [0.2, 0.25) is 0 Å². The first-order valence-corrected chi connectivity index (χ1v) is 10.3. The Morgan fingerprint density at radius 1 is 0.862 bits per heavy atom. The van der Waals surface area contributed by atoms with Crippen LogP contribution in [0.1, 0.15) is 18.9 Å². The van der Waals surface area contributed by atoms with Crippen molar-refractivity contribution in [2.45, 2.75) is 19.4 Å². The lowest BCUT2D eigenvalue weighted by atomic mass is 9.98. The number of quaternary nitrogens is 1. The highest BCUT2D eigenvalue weighted by atomic mass is 16.2. The number of nitrogens with one attached hydrogen (secondary N) is 2. The van der Waals surface area contributed by atoms with E-state index in [1.54, 1.807) is 0 Å². The van der Waals surface area contributed by atoms with E-state index in [1.165, 1.54) is 16.0 Å². The molecule has 1 aliphatic rings. The second kappa shape index (κ2) is 8.89. The van der Waals surface area contributed by atoms with Gasteiger partial charge in [-0.2, -0.15) is 0 Å². The van der Waals surface area contributed by atoms with Crippen molar-refractivity contribution in [1.82, 2.24) is 0 Å². The number of amides is 1. The second-order valence-corrected chi connectivity index (χ2v) is 7.58. The molecule has 3 aromatic carbocycles. The molecule has 4 rings (SSSR count). The molecule has 0 bridgehead atoms. The molecule has 0 spiro atoms. The van der Waals surface area contributed by atoms with Crippen LogP contribution in [0.4, 0.5) is 5.69 Å². The maximum atomic E-state index is 13.0. The number of anilines is 1. The van der Waals surface area contributed by atoms with Crippen LogP contribution >= 0.6 is 0 Å². The Kier molecular flexibility index (Phi) is 5.87. The first-order chi connectivity index (χ1) is 14.2. The van der Waals surface area contributed by atoms with Gasteiger partial charge in [0.05, 0.1) is 13.1 Å². The number of hydrogen-bond donors (Lipinski definition) is 2. The Bertz CT molecular complexity index is 995. The standard InChI is InChI=1S/C26H26N2O/c1-20(28-18-16-22(17-19-28)21-10-4-2-5-11-21)26(29)27-25-15-9-8-14-24(25)23-12-6-3-7-13-23/h2-16,20H,17-19H2,1H3,(H,27,29)/p+1/t20-/m0/s1. The number of carbonyl (C=O) groups excluding carboxylic acids is 1. The van der Waals surface area contributed by atoms with Gasteiger partial charge in [-0.25, -0.2) is 0 Å². The van der Waals surface area contributed by atoms with E-state index < -0.39 is 0 Å². The highest BCUT2D eigenvalue weighted by molar-refractivity contribution is 5.97. The first-order valence-electron chi connectivity index (χ1n) is 10.3. The number of benzene rings is 3. The van der Waals surface area contributed by atoms with E-state index in [2.05, 4.69) is 53.9 Å². The van der Waals surface area contributed by atoms with E-state index in [0.29, 0.717) is 0 Å². The summed E-state index contributed by atoms with van der Waals surface area (Å²) in [7, 11) is 0. The van der Waals surface area contributed by atoms with Crippen LogP contribution in [-0.4, -0.2) is 25.0 Å². The van der Waals surface area contributed by atoms with Crippen LogP contribution in [0.25, 0.3) is 16.7 Å². The van der Waals surface area contributed by atoms with Crippen molar-refractivity contribution in [2.75, 3.05) is 18.4 Å². The number of hydrogen-bond acceptors (Lipinski definition) is 1. The lowest BCUT2D eigenvalue weighted by molar-refractivity contribution is -0.909. The molecule has 146 valence electrons. The Morgan fingerprint density at radius 2 is 1.48 bits per heavy atom. The molecule has 3 heteroatoms. The molecule has 1 unspecified atom stereocenters. The van der Waals surface area contributed by atoms with Crippen molar-refractivity contribution in [3.05, 3.63) is 96.6 Å². The smallest absolute Gasteiger partial charge is 0.282 e. The third kappa shape index (κ3) is 4.47. The Balaban J connectivity index is 1.44. The van der Waals surface area contributed by atoms with Gasteiger partial charge in [-0.15, -0.1) is 0 Å². The Hall–Kier alpha value is -3.17. The summed E-state index contributed by atoms with van der Waals surface area (Å²) in [5.74, 6) is 0.0694. The van der Waals surface area contributed by atoms with Gasteiger partial charge >= 0.3 is 0 Å². The summed E-state index contributed by atoms with van der Waals surface area (Å²) in [6.45, 7) is 3.87. The van der Waals surface area contributed by atoms with Crippen LogP contribution in [0, 0.1) is 0 Å². The Morgan fingerprint density at radius 3 is 2.14 bits per heavy atom. The van der Waals surface area contributed by atoms with Gasteiger partial charge in [0.25, 0.3) is 5.91 Å². The maximum absolute atomic E-state index is 13.0. The highest BCUT2D eigenvalue weighted by Gasteiger charge is 2.27. The second-order valence-electron chi connectivity index (χ2n) is 7.58. The largest absolute Gasteiger partial charge is 0.321 e. The fourth-order valence-electron chi connectivity index (χ4n) is 3.95. The van der Waals surface area contributed by atoms with Gasteiger partial charge < -0.3 is 10.2 Å². The summed E-state index contributed by atoms with van der Waals surface area (Å²) in [6, 6.07) is 28.6. The SMILES string of the molecule is C[C@@H](C(=O)Nc1ccccc1-c1ccccc1)[NH+]1CC=C(c2ccccc2)CC1. The van der Waals surface area contributed by atoms with Gasteiger partial charge in [0.2, 0.25) is 0 Å². The van der Waals surface area contributed by atoms with E-state index in [-0.39, 0.29) is 11.9 Å². The third-order valence-electron chi connectivity index (χ3n) is 5.75. The molecule has 0 saturated heterocycles. The lowest BCUT2D eigenvalue weighted by Gasteiger charge is -2.28. The molecule has 0 aromatic heterocycles. The van der Waals surface area contributed by atoms with Crippen LogP contribution < -0.4 is 10.2 Å². The molecule has 1 amide bonds. The molecule has 0 fully saturated rings. The summed E-state index contributed by atoms with van der Waals surface area (Å²) in [5.41, 5.74) is 5.70. The van der Waals surface area contributed by atoms with Crippen molar-refractivity contribution in [2.24, 2.45) is 0 Å². The fourth-order valence-corrected chi connectivity index (χ4v) is 3.95. The maximum Gasteiger partial charge on any atom is 0.282 e. The number of rotatable bonds is 5. The molecule has 29 heavy (non-hydrogen) atoms. The van der Waals surface area contributed by atoms with Gasteiger partial charge in [-0.3, -0.25) is 4.79 Å². The zero-order valence-electron chi connectivity index (χ0n) is 16.8. The van der Waals surface area contributed by atoms with E-state index in [9.17, 15) is 4.79 Å². The summed E-state index contributed by atoms with van der Waals surface area (Å²) in [5, 5.41) is 3.17. The van der Waals surface area contributed by atoms with Crippen molar-refractivity contribution in [3.63, 3.8) is 0 Å². The molecule has 1 heterocycles. The van der Waals surface area contributed by atoms with Crippen LogP contribution in [0.15, 0.2) is 91.0 Å². The minimum absolute atomic E-state index is 0.0694. The number of carbonyl (C=O) groups is 1. The predicted molar refractivity (Wildman–Crippen MR) is 120 cm³/mol. The first kappa shape index (κ1) is 19.2. The van der Waals surface area contributed by atoms with Gasteiger partial charge in [-0.1, -0.05) is 78.9 Å². The van der Waals surface area contributed by atoms with Crippen molar-refractivity contribution in [3.8, 4) is 11.1 Å². The van der Waals surface area contributed by atoms with E-state index in [0.717, 1.165) is 36.3 Å². The summed E-state index contributed by atoms with van der Waals surface area (Å²) < 4.78 is 0. The van der Waals surface area contributed by atoms with Gasteiger partial charge in [0.15, 0.2) is 6.04 Å². The monoisotopic (exact) mass is 383 g/mol. The molecule has 0 aliphatic carbocycles. The minimum atomic E-state index is -0.104. The molecule has 3 aromatic rings. The molecule has 0 radical (unpaired) electrons. The molecular formula is C26H27N2O+. The van der Waals surface area contributed by atoms with Crippen molar-refractivity contribution in [1.29, 1.82) is 0 Å². The minimum Gasteiger partial charge on any atom is -0.321 e. The fraction of sp³-hybridized carbons (Fsp3) is 0.192. The van der Waals surface area contributed by atoms with Crippen LogP contribution in [0.5, 0.6) is 0 Å². The quantitative estimate of drug-likeness (QED) is 0.685. The van der Waals surface area contributed by atoms with Crippen molar-refractivity contribution >= 4 is 17.2 Å². The van der Waals surface area contributed by atoms with Crippen LogP contribution in [-0.2, 0) is 4.79 Å². The van der Waals surface area contributed by atoms with E-state index in [4.69, 9.17) is 0 Å². The van der Waals surface area contributed by atoms with E-state index >= 15 is 0 Å². The average Bonchev–Trinajstić information content (AvgIpc) is 2.80. The zero-order valence-corrected chi connectivity index (χ0v) is 16.8.